The van der Waals surface area contributed by atoms with Crippen LogP contribution in [0.1, 0.15) is 68.3 Å². The summed E-state index contributed by atoms with van der Waals surface area (Å²) in [5.41, 5.74) is 0.964. The molecule has 2 bridgehead atoms. The Morgan fingerprint density at radius 3 is 2.53 bits per heavy atom. The Labute approximate surface area is 209 Å². The highest BCUT2D eigenvalue weighted by Crippen LogP contribution is 2.42. The largest absolute Gasteiger partial charge is 0.481 e. The lowest BCUT2D eigenvalue weighted by atomic mass is 9.77. The Kier molecular flexibility index (Phi) is 5.94. The minimum absolute atomic E-state index is 0.0166. The van der Waals surface area contributed by atoms with E-state index in [9.17, 15) is 14.0 Å². The molecule has 0 unspecified atom stereocenters. The first kappa shape index (κ1) is 23.4. The normalized spacial score (nSPS) is 31.2. The molecule has 1 spiro atoms. The van der Waals surface area contributed by atoms with Gasteiger partial charge in [-0.2, -0.15) is 5.10 Å². The first-order chi connectivity index (χ1) is 17.4. The van der Waals surface area contributed by atoms with Crippen LogP contribution in [0.5, 0.6) is 5.88 Å². The van der Waals surface area contributed by atoms with E-state index in [1.54, 1.807) is 6.07 Å². The van der Waals surface area contributed by atoms with Crippen LogP contribution in [0.3, 0.4) is 0 Å². The van der Waals surface area contributed by atoms with Gasteiger partial charge in [0.1, 0.15) is 0 Å². The van der Waals surface area contributed by atoms with E-state index in [2.05, 4.69) is 20.5 Å². The molecule has 3 saturated heterocycles. The van der Waals surface area contributed by atoms with Crippen LogP contribution in [-0.2, 0) is 9.53 Å². The molecule has 2 N–H and O–H groups in total. The van der Waals surface area contributed by atoms with E-state index in [-0.39, 0.29) is 58.6 Å². The van der Waals surface area contributed by atoms with Crippen molar-refractivity contribution in [2.75, 3.05) is 13.7 Å². The summed E-state index contributed by atoms with van der Waals surface area (Å²) < 4.78 is 25.2. The number of hydrogen-bond donors (Lipinski definition) is 2. The summed E-state index contributed by atoms with van der Waals surface area (Å²) in [4.78, 5) is 32.3. The molecule has 0 aromatic carbocycles. The molecule has 10 heteroatoms. The third-order valence-corrected chi connectivity index (χ3v) is 8.67. The van der Waals surface area contributed by atoms with Crippen LogP contribution in [0.4, 0.5) is 4.39 Å². The number of amides is 2. The SMILES string of the molecule is COc1cc(-c2cc(C(=O)N3[C@@H]4CC[C@H]3C[C@H](C(=O)NC3CCC5(CCO5)CC3)C4)n[nH]2)c(F)cn1. The molecule has 6 rings (SSSR count). The monoisotopic (exact) mass is 497 g/mol. The zero-order valence-electron chi connectivity index (χ0n) is 20.5. The highest BCUT2D eigenvalue weighted by molar-refractivity contribution is 5.94. The minimum atomic E-state index is -0.529. The average molecular weight is 498 g/mol. The molecule has 0 radical (unpaired) electrons. The van der Waals surface area contributed by atoms with Crippen molar-refractivity contribution in [1.29, 1.82) is 0 Å². The zero-order valence-corrected chi connectivity index (χ0v) is 20.5. The molecule has 1 aliphatic carbocycles. The van der Waals surface area contributed by atoms with E-state index >= 15 is 0 Å². The van der Waals surface area contributed by atoms with E-state index in [1.165, 1.54) is 13.2 Å². The van der Waals surface area contributed by atoms with Crippen LogP contribution >= 0.6 is 0 Å². The summed E-state index contributed by atoms with van der Waals surface area (Å²) in [6, 6.07) is 3.29. The fraction of sp³-hybridized carbons (Fsp3) is 0.615. The molecule has 3 atom stereocenters. The highest BCUT2D eigenvalue weighted by atomic mass is 19.1. The molecule has 1 saturated carbocycles. The van der Waals surface area contributed by atoms with Gasteiger partial charge in [0.25, 0.3) is 5.91 Å². The quantitative estimate of drug-likeness (QED) is 0.657. The van der Waals surface area contributed by atoms with Gasteiger partial charge in [0.15, 0.2) is 11.5 Å². The molecule has 36 heavy (non-hydrogen) atoms. The van der Waals surface area contributed by atoms with Gasteiger partial charge < -0.3 is 19.7 Å². The summed E-state index contributed by atoms with van der Waals surface area (Å²) in [6.45, 7) is 0.867. The topological polar surface area (TPSA) is 109 Å². The summed E-state index contributed by atoms with van der Waals surface area (Å²) in [5.74, 6) is -0.382. The second-order valence-corrected chi connectivity index (χ2v) is 10.7. The molecule has 2 aromatic rings. The molecule has 4 aliphatic rings. The number of nitrogens with one attached hydrogen (secondary N) is 2. The molecule has 3 aliphatic heterocycles. The number of hydrogen-bond acceptors (Lipinski definition) is 6. The number of carbonyl (C=O) groups is 2. The van der Waals surface area contributed by atoms with Crippen molar-refractivity contribution >= 4 is 11.8 Å². The Morgan fingerprint density at radius 1 is 1.17 bits per heavy atom. The van der Waals surface area contributed by atoms with Crippen molar-refractivity contribution in [2.45, 2.75) is 81.5 Å². The van der Waals surface area contributed by atoms with Gasteiger partial charge in [-0.05, 0) is 63.9 Å². The first-order valence-electron chi connectivity index (χ1n) is 13.0. The van der Waals surface area contributed by atoms with Crippen molar-refractivity contribution in [1.82, 2.24) is 25.4 Å². The van der Waals surface area contributed by atoms with Crippen molar-refractivity contribution in [3.05, 3.63) is 29.8 Å². The van der Waals surface area contributed by atoms with Gasteiger partial charge in [-0.3, -0.25) is 14.7 Å². The van der Waals surface area contributed by atoms with Crippen LogP contribution in [0, 0.1) is 11.7 Å². The number of H-pyrrole nitrogens is 1. The van der Waals surface area contributed by atoms with Gasteiger partial charge in [0, 0.05) is 35.7 Å². The Morgan fingerprint density at radius 2 is 1.89 bits per heavy atom. The van der Waals surface area contributed by atoms with Crippen molar-refractivity contribution in [3.8, 4) is 17.1 Å². The lowest BCUT2D eigenvalue weighted by Gasteiger charge is -2.47. The van der Waals surface area contributed by atoms with Crippen molar-refractivity contribution in [2.24, 2.45) is 5.92 Å². The number of methoxy groups -OCH3 is 1. The molecule has 5 heterocycles. The van der Waals surface area contributed by atoms with Crippen LogP contribution < -0.4 is 10.1 Å². The lowest BCUT2D eigenvalue weighted by molar-refractivity contribution is -0.168. The van der Waals surface area contributed by atoms with Crippen molar-refractivity contribution in [3.63, 3.8) is 0 Å². The summed E-state index contributed by atoms with van der Waals surface area (Å²) in [6.07, 6.45) is 9.33. The van der Waals surface area contributed by atoms with E-state index in [4.69, 9.17) is 9.47 Å². The first-order valence-corrected chi connectivity index (χ1v) is 13.0. The highest BCUT2D eigenvalue weighted by Gasteiger charge is 2.47. The molecular weight excluding hydrogens is 465 g/mol. The number of halogens is 1. The van der Waals surface area contributed by atoms with Crippen molar-refractivity contribution < 1.29 is 23.5 Å². The van der Waals surface area contributed by atoms with Gasteiger partial charge in [-0.15, -0.1) is 0 Å². The third-order valence-electron chi connectivity index (χ3n) is 8.67. The number of carbonyl (C=O) groups excluding carboxylic acids is 2. The second-order valence-electron chi connectivity index (χ2n) is 10.7. The maximum atomic E-state index is 14.3. The predicted molar refractivity (Wildman–Crippen MR) is 128 cm³/mol. The summed E-state index contributed by atoms with van der Waals surface area (Å²) >= 11 is 0. The van der Waals surface area contributed by atoms with Gasteiger partial charge in [0.05, 0.1) is 31.2 Å². The second kappa shape index (κ2) is 9.14. The fourth-order valence-corrected chi connectivity index (χ4v) is 6.55. The number of fused-ring (bicyclic) bond motifs is 2. The van der Waals surface area contributed by atoms with E-state index in [1.807, 2.05) is 4.90 Å². The van der Waals surface area contributed by atoms with E-state index in [0.717, 1.165) is 57.7 Å². The Balaban J connectivity index is 1.09. The average Bonchev–Trinajstić information content (AvgIpc) is 3.46. The van der Waals surface area contributed by atoms with Crippen LogP contribution in [0.2, 0.25) is 0 Å². The molecule has 9 nitrogen and oxygen atoms in total. The molecular formula is C26H32FN5O4. The molecule has 2 aromatic heterocycles. The number of nitrogens with zero attached hydrogens (tertiary/aromatic N) is 3. The van der Waals surface area contributed by atoms with Crippen LogP contribution in [0.15, 0.2) is 18.3 Å². The lowest BCUT2D eigenvalue weighted by Crippen LogP contribution is -2.53. The number of ether oxygens (including phenoxy) is 2. The summed E-state index contributed by atoms with van der Waals surface area (Å²) in [5, 5.41) is 10.2. The van der Waals surface area contributed by atoms with Gasteiger partial charge in [-0.25, -0.2) is 9.37 Å². The third kappa shape index (κ3) is 4.15. The maximum Gasteiger partial charge on any atom is 0.274 e. The van der Waals surface area contributed by atoms with Crippen LogP contribution in [0.25, 0.3) is 11.3 Å². The number of rotatable bonds is 5. The standard InChI is InChI=1S/C26H32FN5O4/c1-35-23-12-19(20(27)14-28-23)21-13-22(31-30-21)25(34)32-17-2-3-18(32)11-15(10-17)24(33)29-16-4-6-26(7-5-16)8-9-36-26/h12-18H,2-11H2,1H3,(H,29,33)(H,30,31)/t15-,16?,17-,18+,26?. The number of pyridine rings is 1. The van der Waals surface area contributed by atoms with E-state index in [0.29, 0.717) is 18.5 Å². The number of aromatic nitrogens is 3. The number of aromatic amines is 1. The maximum absolute atomic E-state index is 14.3. The Hall–Kier alpha value is -3.01. The van der Waals surface area contributed by atoms with Gasteiger partial charge >= 0.3 is 0 Å². The zero-order chi connectivity index (χ0) is 24.9. The minimum Gasteiger partial charge on any atom is -0.481 e. The van der Waals surface area contributed by atoms with Gasteiger partial charge in [0.2, 0.25) is 11.8 Å². The smallest absolute Gasteiger partial charge is 0.274 e. The summed E-state index contributed by atoms with van der Waals surface area (Å²) in [7, 11) is 1.46. The fourth-order valence-electron chi connectivity index (χ4n) is 6.55. The number of piperidine rings is 1. The van der Waals surface area contributed by atoms with Crippen LogP contribution in [-0.4, -0.2) is 69.3 Å². The van der Waals surface area contributed by atoms with Gasteiger partial charge in [-0.1, -0.05) is 0 Å². The Bertz CT molecular complexity index is 1140. The molecule has 192 valence electrons. The van der Waals surface area contributed by atoms with E-state index < -0.39 is 5.82 Å². The predicted octanol–water partition coefficient (Wildman–Crippen LogP) is 3.22. The molecule has 2 amide bonds. The molecule has 4 fully saturated rings.